The first-order chi connectivity index (χ1) is 46.0. The van der Waals surface area contributed by atoms with Gasteiger partial charge in [0.05, 0.1) is 27.7 Å². The van der Waals surface area contributed by atoms with Crippen molar-refractivity contribution in [3.05, 3.63) is 122 Å². The second kappa shape index (κ2) is 73.7. The standard InChI is InChI=1S/C84H148NO8P/c1-6-8-10-12-14-16-18-20-22-24-26-28-30-32-34-36-38-39-40-41-42-43-44-45-47-48-50-52-54-56-58-60-62-64-66-68-70-72-74-76-83(86)90-80-82(81-92-94(88,89)91-79-78-85(3,4)5)93-84(87)77-75-73-71-69-67-65-63-61-59-57-55-53-51-49-46-37-35-33-31-29-27-25-23-21-19-17-15-13-11-9-7-2/h9,11,15,17,21,23-24,26-27,29,33,35,46,49,53,55,59,61,65,67,82H,6-8,10,12-14,16,18-20,22,25,28,30-32,34,36-45,47-48,50-52,54,56-58,60,62-64,66,68-81H2,1-5H3/p+1/b11-9-,17-15-,23-21-,26-24-,29-27-,35-33-,49-46-,55-53-,61-59-,67-65-. The quantitative estimate of drug-likeness (QED) is 0.0211. The zero-order chi connectivity index (χ0) is 68.3. The van der Waals surface area contributed by atoms with Crippen LogP contribution in [-0.4, -0.2) is 74.9 Å². The number of rotatable bonds is 72. The number of quaternary nitrogens is 1. The third kappa shape index (κ3) is 77.4. The van der Waals surface area contributed by atoms with E-state index in [0.29, 0.717) is 17.4 Å². The molecule has 9 nitrogen and oxygen atoms in total. The van der Waals surface area contributed by atoms with Gasteiger partial charge in [-0.2, -0.15) is 0 Å². The minimum atomic E-state index is -4.41. The van der Waals surface area contributed by atoms with Crippen molar-refractivity contribution >= 4 is 19.8 Å². The first-order valence-corrected chi connectivity index (χ1v) is 40.8. The molecule has 0 aliphatic heterocycles. The Morgan fingerprint density at radius 2 is 0.606 bits per heavy atom. The summed E-state index contributed by atoms with van der Waals surface area (Å²) in [5.41, 5.74) is 0. The number of nitrogens with zero attached hydrogens (tertiary/aromatic N) is 1. The molecule has 10 heteroatoms. The summed E-state index contributed by atoms with van der Waals surface area (Å²) in [7, 11) is 1.45. The Morgan fingerprint density at radius 1 is 0.340 bits per heavy atom. The van der Waals surface area contributed by atoms with Crippen molar-refractivity contribution < 1.29 is 42.1 Å². The summed E-state index contributed by atoms with van der Waals surface area (Å²) in [6, 6.07) is 0. The maximum Gasteiger partial charge on any atom is 0.472 e. The predicted molar refractivity (Wildman–Crippen MR) is 408 cm³/mol. The number of phosphoric acid groups is 1. The van der Waals surface area contributed by atoms with Crippen LogP contribution in [0.4, 0.5) is 0 Å². The number of ether oxygens (including phenoxy) is 2. The monoisotopic (exact) mass is 1330 g/mol. The molecule has 0 aromatic heterocycles. The summed E-state index contributed by atoms with van der Waals surface area (Å²) in [4.78, 5) is 35.9. The molecule has 1 N–H and O–H groups in total. The molecule has 2 atom stereocenters. The Hall–Kier alpha value is -3.59. The van der Waals surface area contributed by atoms with Gasteiger partial charge >= 0.3 is 19.8 Å². The van der Waals surface area contributed by atoms with Gasteiger partial charge in [-0.25, -0.2) is 4.57 Å². The van der Waals surface area contributed by atoms with Gasteiger partial charge in [0.2, 0.25) is 0 Å². The number of carbonyl (C=O) groups is 2. The lowest BCUT2D eigenvalue weighted by Crippen LogP contribution is -2.37. The minimum Gasteiger partial charge on any atom is -0.462 e. The number of allylic oxidation sites excluding steroid dienone is 20. The van der Waals surface area contributed by atoms with E-state index in [1.165, 1.54) is 218 Å². The summed E-state index contributed by atoms with van der Waals surface area (Å²) in [5.74, 6) is -0.831. The van der Waals surface area contributed by atoms with Crippen molar-refractivity contribution in [1.82, 2.24) is 0 Å². The third-order valence-electron chi connectivity index (χ3n) is 17.0. The van der Waals surface area contributed by atoms with Crippen LogP contribution in [0.5, 0.6) is 0 Å². The Labute approximate surface area is 581 Å². The van der Waals surface area contributed by atoms with E-state index in [0.717, 1.165) is 96.3 Å². The molecule has 0 saturated carbocycles. The number of hydrogen-bond donors (Lipinski definition) is 1. The molecule has 0 aromatic carbocycles. The van der Waals surface area contributed by atoms with Crippen molar-refractivity contribution in [2.75, 3.05) is 47.5 Å². The SMILES string of the molecule is CC/C=C\C/C=C\C/C=C\C/C=C\C/C=C\C/C=C\C/C=C\C/C=C\C/C=C\CCCCCC(=O)OC(COC(=O)CCCCCCCCCCCCCCCCCCCCCCCCCCCCC/C=C\CCCCCCCCCC)COP(=O)(O)OCC[N+](C)(C)C. The molecule has 0 spiro atoms. The lowest BCUT2D eigenvalue weighted by Gasteiger charge is -2.24. The van der Waals surface area contributed by atoms with Gasteiger partial charge in [-0.1, -0.05) is 347 Å². The molecule has 0 bridgehead atoms. The van der Waals surface area contributed by atoms with E-state index < -0.39 is 26.5 Å². The van der Waals surface area contributed by atoms with Crippen LogP contribution in [0.25, 0.3) is 0 Å². The highest BCUT2D eigenvalue weighted by atomic mass is 31.2. The van der Waals surface area contributed by atoms with Gasteiger partial charge in [-0.05, 0) is 109 Å². The summed E-state index contributed by atoms with van der Waals surface area (Å²) in [6.45, 7) is 4.31. The van der Waals surface area contributed by atoms with E-state index in [1.54, 1.807) is 0 Å². The van der Waals surface area contributed by atoms with Crippen molar-refractivity contribution in [2.45, 2.75) is 354 Å². The molecular formula is C84H149NO8P+. The van der Waals surface area contributed by atoms with E-state index in [9.17, 15) is 19.0 Å². The number of unbranched alkanes of at least 4 members (excludes halogenated alkanes) is 38. The molecule has 0 aliphatic carbocycles. The van der Waals surface area contributed by atoms with Crippen molar-refractivity contribution in [3.63, 3.8) is 0 Å². The number of hydrogen-bond acceptors (Lipinski definition) is 7. The smallest absolute Gasteiger partial charge is 0.462 e. The van der Waals surface area contributed by atoms with Crippen LogP contribution in [-0.2, 0) is 32.7 Å². The van der Waals surface area contributed by atoms with Crippen LogP contribution in [0.15, 0.2) is 122 Å². The zero-order valence-electron chi connectivity index (χ0n) is 61.9. The molecule has 0 fully saturated rings. The van der Waals surface area contributed by atoms with Crippen LogP contribution in [0, 0.1) is 0 Å². The lowest BCUT2D eigenvalue weighted by atomic mass is 10.0. The van der Waals surface area contributed by atoms with Crippen molar-refractivity contribution in [3.8, 4) is 0 Å². The minimum absolute atomic E-state index is 0.0200. The van der Waals surface area contributed by atoms with E-state index in [-0.39, 0.29) is 32.0 Å². The topological polar surface area (TPSA) is 108 Å². The molecule has 94 heavy (non-hydrogen) atoms. The summed E-state index contributed by atoms with van der Waals surface area (Å²) in [6.07, 6.45) is 106. The third-order valence-corrected chi connectivity index (χ3v) is 18.0. The van der Waals surface area contributed by atoms with Crippen molar-refractivity contribution in [2.24, 2.45) is 0 Å². The maximum absolute atomic E-state index is 12.9. The summed E-state index contributed by atoms with van der Waals surface area (Å²) < 4.78 is 34.7. The van der Waals surface area contributed by atoms with Gasteiger partial charge in [0, 0.05) is 12.8 Å². The average molecular weight is 1330 g/mol. The molecule has 0 saturated heterocycles. The van der Waals surface area contributed by atoms with Gasteiger partial charge in [-0.3, -0.25) is 18.6 Å². The highest BCUT2D eigenvalue weighted by Gasteiger charge is 2.27. The second-order valence-corrected chi connectivity index (χ2v) is 28.8. The van der Waals surface area contributed by atoms with E-state index in [1.807, 2.05) is 21.1 Å². The predicted octanol–water partition coefficient (Wildman–Crippen LogP) is 26.2. The van der Waals surface area contributed by atoms with Gasteiger partial charge in [0.25, 0.3) is 0 Å². The molecule has 542 valence electrons. The fraction of sp³-hybridized carbons (Fsp3) is 0.738. The molecule has 0 radical (unpaired) electrons. The fourth-order valence-corrected chi connectivity index (χ4v) is 11.7. The summed E-state index contributed by atoms with van der Waals surface area (Å²) in [5, 5.41) is 0. The second-order valence-electron chi connectivity index (χ2n) is 27.4. The van der Waals surface area contributed by atoms with E-state index >= 15 is 0 Å². The van der Waals surface area contributed by atoms with Crippen LogP contribution in [0.3, 0.4) is 0 Å². The molecule has 0 heterocycles. The largest absolute Gasteiger partial charge is 0.472 e. The average Bonchev–Trinajstić information content (AvgIpc) is 1.66. The Balaban J connectivity index is 4.02. The van der Waals surface area contributed by atoms with Gasteiger partial charge < -0.3 is 18.9 Å². The normalized spacial score (nSPS) is 13.7. The molecule has 2 unspecified atom stereocenters. The molecule has 0 amide bonds. The number of carbonyl (C=O) groups excluding carboxylic acids is 2. The first kappa shape index (κ1) is 90.4. The van der Waals surface area contributed by atoms with E-state index in [4.69, 9.17) is 18.5 Å². The Morgan fingerprint density at radius 3 is 0.926 bits per heavy atom. The highest BCUT2D eigenvalue weighted by Crippen LogP contribution is 2.43. The number of likely N-dealkylation sites (N-methyl/N-ethyl adjacent to an activating group) is 1. The van der Waals surface area contributed by atoms with Gasteiger partial charge in [0.15, 0.2) is 6.10 Å². The van der Waals surface area contributed by atoms with Crippen LogP contribution in [0.1, 0.15) is 348 Å². The Kier molecular flexibility index (Phi) is 70.8. The molecule has 0 aromatic rings. The maximum atomic E-state index is 12.9. The first-order valence-electron chi connectivity index (χ1n) is 39.3. The molecular weight excluding hydrogens is 1180 g/mol. The van der Waals surface area contributed by atoms with Crippen LogP contribution >= 0.6 is 7.82 Å². The molecule has 0 aliphatic rings. The van der Waals surface area contributed by atoms with Crippen molar-refractivity contribution in [1.29, 1.82) is 0 Å². The van der Waals surface area contributed by atoms with Gasteiger partial charge in [-0.15, -0.1) is 0 Å². The zero-order valence-corrected chi connectivity index (χ0v) is 62.8. The summed E-state index contributed by atoms with van der Waals surface area (Å²) >= 11 is 0. The van der Waals surface area contributed by atoms with Gasteiger partial charge in [0.1, 0.15) is 19.8 Å². The lowest BCUT2D eigenvalue weighted by molar-refractivity contribution is -0.870. The fourth-order valence-electron chi connectivity index (χ4n) is 11.0. The van der Waals surface area contributed by atoms with E-state index in [2.05, 4.69) is 135 Å². The number of phosphoric ester groups is 1. The Bertz CT molecular complexity index is 2010. The van der Waals surface area contributed by atoms with Crippen LogP contribution in [0.2, 0.25) is 0 Å². The number of esters is 2. The highest BCUT2D eigenvalue weighted by molar-refractivity contribution is 7.47. The molecule has 0 rings (SSSR count). The van der Waals surface area contributed by atoms with Crippen LogP contribution < -0.4 is 0 Å².